The smallest absolute Gasteiger partial charge is 0.409 e. The van der Waals surface area contributed by atoms with Crippen LogP contribution in [-0.2, 0) is 9.53 Å². The Kier molecular flexibility index (Phi) is 5.20. The van der Waals surface area contributed by atoms with Gasteiger partial charge >= 0.3 is 12.1 Å². The molecular weight excluding hydrogens is 322 g/mol. The van der Waals surface area contributed by atoms with E-state index in [0.717, 1.165) is 6.54 Å². The molecule has 0 radical (unpaired) electrons. The summed E-state index contributed by atoms with van der Waals surface area (Å²) in [5, 5.41) is 0. The lowest BCUT2D eigenvalue weighted by molar-refractivity contribution is -0.131. The van der Waals surface area contributed by atoms with Crippen LogP contribution in [0, 0.1) is 11.3 Å². The number of amides is 4. The Morgan fingerprint density at radius 2 is 2.08 bits per heavy atom. The molecule has 1 heterocycles. The summed E-state index contributed by atoms with van der Waals surface area (Å²) in [7, 11) is 2.91. The van der Waals surface area contributed by atoms with Crippen LogP contribution in [0.5, 0.6) is 0 Å². The number of nitrogens with zero attached hydrogens (tertiary/aromatic N) is 3. The minimum atomic E-state index is -0.467. The molecule has 1 spiro atoms. The van der Waals surface area contributed by atoms with Crippen molar-refractivity contribution in [1.82, 2.24) is 14.7 Å². The first-order chi connectivity index (χ1) is 11.9. The summed E-state index contributed by atoms with van der Waals surface area (Å²) in [6.07, 6.45) is 7.63. The largest absolute Gasteiger partial charge is 0.453 e. The number of methoxy groups -OCH3 is 1. The number of hydrogen-bond acceptors (Lipinski definition) is 4. The maximum absolute atomic E-state index is 12.7. The van der Waals surface area contributed by atoms with Gasteiger partial charge in [-0.05, 0) is 43.4 Å². The summed E-state index contributed by atoms with van der Waals surface area (Å²) < 4.78 is 4.64. The molecule has 0 aromatic rings. The molecule has 1 unspecified atom stereocenters. The molecule has 0 bridgehead atoms. The Balaban J connectivity index is 1.54. The van der Waals surface area contributed by atoms with E-state index in [1.165, 1.54) is 55.4 Å². The second kappa shape index (κ2) is 7.22. The van der Waals surface area contributed by atoms with Gasteiger partial charge in [0.2, 0.25) is 5.91 Å². The van der Waals surface area contributed by atoms with Crippen molar-refractivity contribution in [2.45, 2.75) is 44.9 Å². The highest BCUT2D eigenvalue weighted by Crippen LogP contribution is 2.57. The van der Waals surface area contributed by atoms with Crippen molar-refractivity contribution in [2.24, 2.45) is 11.3 Å². The van der Waals surface area contributed by atoms with Gasteiger partial charge in [0, 0.05) is 39.6 Å². The molecule has 3 rings (SSSR count). The Labute approximate surface area is 149 Å². The quantitative estimate of drug-likeness (QED) is 0.762. The van der Waals surface area contributed by atoms with Crippen LogP contribution in [0.3, 0.4) is 0 Å². The second-order valence-electron chi connectivity index (χ2n) is 7.88. The summed E-state index contributed by atoms with van der Waals surface area (Å²) in [5.41, 5.74) is 0.584. The van der Waals surface area contributed by atoms with Gasteiger partial charge in [0.25, 0.3) is 0 Å². The minimum Gasteiger partial charge on any atom is -0.453 e. The summed E-state index contributed by atoms with van der Waals surface area (Å²) in [4.78, 5) is 40.8. The Bertz CT molecular complexity index is 546. The number of carbonyl (C=O) groups excluding carboxylic acids is 3. The molecular formula is C18H29N3O4. The number of imide groups is 1. The highest BCUT2D eigenvalue weighted by Gasteiger charge is 2.46. The van der Waals surface area contributed by atoms with Crippen LogP contribution in [-0.4, -0.2) is 73.1 Å². The lowest BCUT2D eigenvalue weighted by Crippen LogP contribution is -2.55. The molecule has 1 aliphatic heterocycles. The second-order valence-corrected chi connectivity index (χ2v) is 7.88. The van der Waals surface area contributed by atoms with Crippen molar-refractivity contribution in [1.29, 1.82) is 0 Å². The average molecular weight is 351 g/mol. The minimum absolute atomic E-state index is 0.151. The van der Waals surface area contributed by atoms with Crippen molar-refractivity contribution < 1.29 is 19.1 Å². The van der Waals surface area contributed by atoms with E-state index in [4.69, 9.17) is 0 Å². The first-order valence-electron chi connectivity index (χ1n) is 9.32. The predicted molar refractivity (Wildman–Crippen MR) is 92.0 cm³/mol. The SMILES string of the molecule is COC(=O)N(C)CCN1C(=O)CCN(CC2CCCC3(CC3)C2)C1=O. The molecule has 0 aromatic heterocycles. The van der Waals surface area contributed by atoms with E-state index in [0.29, 0.717) is 24.3 Å². The molecule has 25 heavy (non-hydrogen) atoms. The topological polar surface area (TPSA) is 70.2 Å². The third kappa shape index (κ3) is 4.07. The van der Waals surface area contributed by atoms with Gasteiger partial charge in [-0.3, -0.25) is 9.69 Å². The molecule has 7 heteroatoms. The molecule has 0 aromatic carbocycles. The predicted octanol–water partition coefficient (Wildman–Crippen LogP) is 2.31. The van der Waals surface area contributed by atoms with E-state index in [1.54, 1.807) is 7.05 Å². The van der Waals surface area contributed by atoms with Gasteiger partial charge in [-0.25, -0.2) is 9.59 Å². The van der Waals surface area contributed by atoms with E-state index in [9.17, 15) is 14.4 Å². The summed E-state index contributed by atoms with van der Waals surface area (Å²) in [6, 6.07) is -0.204. The van der Waals surface area contributed by atoms with E-state index < -0.39 is 6.09 Å². The fourth-order valence-electron chi connectivity index (χ4n) is 4.31. The summed E-state index contributed by atoms with van der Waals surface area (Å²) in [5.74, 6) is 0.412. The van der Waals surface area contributed by atoms with Gasteiger partial charge in [0.05, 0.1) is 7.11 Å². The van der Waals surface area contributed by atoms with Crippen LogP contribution in [0.4, 0.5) is 9.59 Å². The maximum Gasteiger partial charge on any atom is 0.409 e. The molecule has 3 fully saturated rings. The normalized spacial score (nSPS) is 25.3. The van der Waals surface area contributed by atoms with Gasteiger partial charge in [0.15, 0.2) is 0 Å². The first kappa shape index (κ1) is 18.0. The highest BCUT2D eigenvalue weighted by molar-refractivity contribution is 5.96. The van der Waals surface area contributed by atoms with Crippen LogP contribution < -0.4 is 0 Å². The van der Waals surface area contributed by atoms with E-state index in [1.807, 2.05) is 4.90 Å². The molecule has 3 aliphatic rings. The number of likely N-dealkylation sites (N-methyl/N-ethyl adjacent to an activating group) is 1. The van der Waals surface area contributed by atoms with E-state index in [2.05, 4.69) is 4.74 Å². The molecule has 7 nitrogen and oxygen atoms in total. The third-order valence-electron chi connectivity index (χ3n) is 6.02. The van der Waals surface area contributed by atoms with E-state index >= 15 is 0 Å². The monoisotopic (exact) mass is 351 g/mol. The van der Waals surface area contributed by atoms with Crippen LogP contribution in [0.15, 0.2) is 0 Å². The van der Waals surface area contributed by atoms with Gasteiger partial charge in [-0.1, -0.05) is 6.42 Å². The number of ether oxygens (including phenoxy) is 1. The molecule has 140 valence electrons. The van der Waals surface area contributed by atoms with Crippen LogP contribution in [0.25, 0.3) is 0 Å². The molecule has 2 saturated carbocycles. The van der Waals surface area contributed by atoms with Gasteiger partial charge < -0.3 is 14.5 Å². The summed E-state index contributed by atoms with van der Waals surface area (Å²) in [6.45, 7) is 1.78. The summed E-state index contributed by atoms with van der Waals surface area (Å²) >= 11 is 0. The van der Waals surface area contributed by atoms with Crippen molar-refractivity contribution in [2.75, 3.05) is 40.3 Å². The van der Waals surface area contributed by atoms with Gasteiger partial charge in [-0.2, -0.15) is 0 Å². The van der Waals surface area contributed by atoms with Crippen molar-refractivity contribution in [3.05, 3.63) is 0 Å². The zero-order valence-electron chi connectivity index (χ0n) is 15.3. The van der Waals surface area contributed by atoms with Crippen LogP contribution in [0.2, 0.25) is 0 Å². The standard InChI is InChI=1S/C18H29N3O4/c1-19(17(24)25-2)10-11-21-15(22)5-9-20(16(21)23)13-14-4-3-6-18(12-14)7-8-18/h14H,3-13H2,1-2H3. The molecule has 4 amide bonds. The van der Waals surface area contributed by atoms with Gasteiger partial charge in [0.1, 0.15) is 0 Å². The van der Waals surface area contributed by atoms with Crippen molar-refractivity contribution in [3.8, 4) is 0 Å². The molecule has 0 N–H and O–H groups in total. The van der Waals surface area contributed by atoms with Gasteiger partial charge in [-0.15, -0.1) is 0 Å². The molecule has 2 aliphatic carbocycles. The fraction of sp³-hybridized carbons (Fsp3) is 0.833. The molecule has 1 atom stereocenters. The number of hydrogen-bond donors (Lipinski definition) is 0. The maximum atomic E-state index is 12.7. The third-order valence-corrected chi connectivity index (χ3v) is 6.02. The van der Waals surface area contributed by atoms with E-state index in [-0.39, 0.29) is 25.0 Å². The van der Waals surface area contributed by atoms with Crippen molar-refractivity contribution in [3.63, 3.8) is 0 Å². The lowest BCUT2D eigenvalue weighted by atomic mass is 9.79. The van der Waals surface area contributed by atoms with Crippen LogP contribution in [0.1, 0.15) is 44.9 Å². The Morgan fingerprint density at radius 1 is 1.32 bits per heavy atom. The number of rotatable bonds is 5. The number of carbonyl (C=O) groups is 3. The number of urea groups is 1. The fourth-order valence-corrected chi connectivity index (χ4v) is 4.31. The first-order valence-corrected chi connectivity index (χ1v) is 9.32. The zero-order valence-corrected chi connectivity index (χ0v) is 15.3. The zero-order chi connectivity index (χ0) is 18.0. The highest BCUT2D eigenvalue weighted by atomic mass is 16.5. The lowest BCUT2D eigenvalue weighted by Gasteiger charge is -2.38. The Morgan fingerprint density at radius 3 is 2.76 bits per heavy atom. The average Bonchev–Trinajstić information content (AvgIpc) is 3.34. The van der Waals surface area contributed by atoms with Crippen molar-refractivity contribution >= 4 is 18.0 Å². The molecule has 1 saturated heterocycles. The Hall–Kier alpha value is -1.79. The van der Waals surface area contributed by atoms with Crippen LogP contribution >= 0.6 is 0 Å².